The Labute approximate surface area is 60.1 Å². The molecular weight excluding hydrogens is 126 g/mol. The van der Waals surface area contributed by atoms with Crippen molar-refractivity contribution in [3.05, 3.63) is 18.3 Å². The second-order valence-corrected chi connectivity index (χ2v) is 2.36. The standard InChI is InChI=1S/C7H11N3/c1-5(2)6-4-7(8)10(3)9-6/h4H,1,8H2,2-3H3. The van der Waals surface area contributed by atoms with Gasteiger partial charge in [-0.2, -0.15) is 5.10 Å². The number of nitrogen functional groups attached to an aromatic ring is 1. The predicted octanol–water partition coefficient (Wildman–Crippen LogP) is 1.04. The van der Waals surface area contributed by atoms with E-state index in [2.05, 4.69) is 11.7 Å². The van der Waals surface area contributed by atoms with Gasteiger partial charge in [-0.25, -0.2) is 0 Å². The maximum Gasteiger partial charge on any atom is 0.121 e. The Morgan fingerprint density at radius 3 is 2.60 bits per heavy atom. The molecular formula is C7H11N3. The maximum atomic E-state index is 5.54. The SMILES string of the molecule is C=C(C)c1cc(N)n(C)n1. The summed E-state index contributed by atoms with van der Waals surface area (Å²) in [7, 11) is 1.81. The highest BCUT2D eigenvalue weighted by atomic mass is 15.3. The van der Waals surface area contributed by atoms with Gasteiger partial charge in [0.05, 0.1) is 5.69 Å². The van der Waals surface area contributed by atoms with Crippen LogP contribution in [0.1, 0.15) is 12.6 Å². The van der Waals surface area contributed by atoms with Crippen LogP contribution in [0.5, 0.6) is 0 Å². The zero-order valence-electron chi connectivity index (χ0n) is 6.26. The van der Waals surface area contributed by atoms with Gasteiger partial charge < -0.3 is 5.73 Å². The van der Waals surface area contributed by atoms with E-state index in [-0.39, 0.29) is 0 Å². The van der Waals surface area contributed by atoms with Gasteiger partial charge in [0, 0.05) is 13.1 Å². The van der Waals surface area contributed by atoms with Crippen molar-refractivity contribution in [2.45, 2.75) is 6.92 Å². The molecule has 0 unspecified atom stereocenters. The van der Waals surface area contributed by atoms with E-state index in [1.54, 1.807) is 4.68 Å². The molecule has 0 aliphatic heterocycles. The van der Waals surface area contributed by atoms with Crippen molar-refractivity contribution < 1.29 is 0 Å². The van der Waals surface area contributed by atoms with E-state index in [4.69, 9.17) is 5.73 Å². The average Bonchev–Trinajstić information content (AvgIpc) is 2.13. The van der Waals surface area contributed by atoms with Gasteiger partial charge in [-0.1, -0.05) is 6.58 Å². The third kappa shape index (κ3) is 1.03. The van der Waals surface area contributed by atoms with Gasteiger partial charge in [0.1, 0.15) is 5.82 Å². The number of rotatable bonds is 1. The van der Waals surface area contributed by atoms with E-state index < -0.39 is 0 Å². The lowest BCUT2D eigenvalue weighted by atomic mass is 10.2. The van der Waals surface area contributed by atoms with Crippen molar-refractivity contribution in [3.8, 4) is 0 Å². The fourth-order valence-electron chi connectivity index (χ4n) is 0.690. The summed E-state index contributed by atoms with van der Waals surface area (Å²) in [6.45, 7) is 5.65. The zero-order valence-corrected chi connectivity index (χ0v) is 6.26. The number of nitrogens with two attached hydrogens (primary N) is 1. The first-order valence-corrected chi connectivity index (χ1v) is 3.06. The highest BCUT2D eigenvalue weighted by Crippen LogP contribution is 2.11. The van der Waals surface area contributed by atoms with Gasteiger partial charge in [-0.3, -0.25) is 4.68 Å². The molecule has 3 nitrogen and oxygen atoms in total. The van der Waals surface area contributed by atoms with E-state index in [1.165, 1.54) is 0 Å². The molecule has 10 heavy (non-hydrogen) atoms. The van der Waals surface area contributed by atoms with Crippen LogP contribution in [0.4, 0.5) is 5.82 Å². The average molecular weight is 137 g/mol. The monoisotopic (exact) mass is 137 g/mol. The molecule has 1 aromatic heterocycles. The first kappa shape index (κ1) is 6.86. The smallest absolute Gasteiger partial charge is 0.121 e. The molecule has 1 rings (SSSR count). The van der Waals surface area contributed by atoms with Gasteiger partial charge in [-0.05, 0) is 12.5 Å². The Kier molecular flexibility index (Phi) is 1.49. The number of hydrogen-bond donors (Lipinski definition) is 1. The van der Waals surface area contributed by atoms with Crippen molar-refractivity contribution in [3.63, 3.8) is 0 Å². The summed E-state index contributed by atoms with van der Waals surface area (Å²) >= 11 is 0. The quantitative estimate of drug-likeness (QED) is 0.628. The van der Waals surface area contributed by atoms with Gasteiger partial charge >= 0.3 is 0 Å². The van der Waals surface area contributed by atoms with Crippen LogP contribution in [0.2, 0.25) is 0 Å². The Hall–Kier alpha value is -1.25. The lowest BCUT2D eigenvalue weighted by Crippen LogP contribution is -1.96. The second kappa shape index (κ2) is 2.17. The fourth-order valence-corrected chi connectivity index (χ4v) is 0.690. The topological polar surface area (TPSA) is 43.8 Å². The number of aromatic nitrogens is 2. The third-order valence-corrected chi connectivity index (χ3v) is 1.35. The van der Waals surface area contributed by atoms with E-state index >= 15 is 0 Å². The molecule has 0 saturated heterocycles. The molecule has 54 valence electrons. The molecule has 0 aromatic carbocycles. The molecule has 0 radical (unpaired) electrons. The number of allylic oxidation sites excluding steroid dienone is 1. The van der Waals surface area contributed by atoms with Crippen LogP contribution >= 0.6 is 0 Å². The number of hydrogen-bond acceptors (Lipinski definition) is 2. The second-order valence-electron chi connectivity index (χ2n) is 2.36. The molecule has 0 amide bonds. The van der Waals surface area contributed by atoms with Crippen LogP contribution in [0.25, 0.3) is 5.57 Å². The van der Waals surface area contributed by atoms with Crippen LogP contribution in [0.3, 0.4) is 0 Å². The summed E-state index contributed by atoms with van der Waals surface area (Å²) in [6, 6.07) is 1.81. The third-order valence-electron chi connectivity index (χ3n) is 1.35. The molecule has 0 atom stereocenters. The minimum atomic E-state index is 0.665. The van der Waals surface area contributed by atoms with Crippen molar-refractivity contribution in [1.82, 2.24) is 9.78 Å². The molecule has 0 saturated carbocycles. The zero-order chi connectivity index (χ0) is 7.72. The summed E-state index contributed by atoms with van der Waals surface area (Å²) in [4.78, 5) is 0. The number of aryl methyl sites for hydroxylation is 1. The molecule has 1 heterocycles. The minimum Gasteiger partial charge on any atom is -0.384 e. The van der Waals surface area contributed by atoms with E-state index in [0.29, 0.717) is 5.82 Å². The van der Waals surface area contributed by atoms with E-state index in [0.717, 1.165) is 11.3 Å². The summed E-state index contributed by atoms with van der Waals surface area (Å²) in [6.07, 6.45) is 0. The van der Waals surface area contributed by atoms with Crippen LogP contribution in [0, 0.1) is 0 Å². The molecule has 3 heteroatoms. The van der Waals surface area contributed by atoms with Crippen LogP contribution in [-0.4, -0.2) is 9.78 Å². The molecule has 0 fully saturated rings. The van der Waals surface area contributed by atoms with Gasteiger partial charge in [0.2, 0.25) is 0 Å². The summed E-state index contributed by atoms with van der Waals surface area (Å²) < 4.78 is 1.63. The maximum absolute atomic E-state index is 5.54. The van der Waals surface area contributed by atoms with Gasteiger partial charge in [-0.15, -0.1) is 0 Å². The van der Waals surface area contributed by atoms with Crippen molar-refractivity contribution >= 4 is 11.4 Å². The first-order chi connectivity index (χ1) is 4.61. The minimum absolute atomic E-state index is 0.665. The Morgan fingerprint density at radius 2 is 2.40 bits per heavy atom. The molecule has 0 aliphatic carbocycles. The van der Waals surface area contributed by atoms with Gasteiger partial charge in [0.15, 0.2) is 0 Å². The van der Waals surface area contributed by atoms with Crippen molar-refractivity contribution in [2.75, 3.05) is 5.73 Å². The Balaban J connectivity index is 3.10. The predicted molar refractivity (Wildman–Crippen MR) is 42.3 cm³/mol. The molecule has 0 aliphatic rings. The first-order valence-electron chi connectivity index (χ1n) is 3.06. The lowest BCUT2D eigenvalue weighted by Gasteiger charge is -1.89. The Morgan fingerprint density at radius 1 is 1.80 bits per heavy atom. The van der Waals surface area contributed by atoms with Crippen LogP contribution in [0.15, 0.2) is 12.6 Å². The van der Waals surface area contributed by atoms with E-state index in [9.17, 15) is 0 Å². The lowest BCUT2D eigenvalue weighted by molar-refractivity contribution is 0.774. The van der Waals surface area contributed by atoms with E-state index in [1.807, 2.05) is 20.0 Å². The summed E-state index contributed by atoms with van der Waals surface area (Å²) in [5, 5.41) is 4.10. The fraction of sp³-hybridized carbons (Fsp3) is 0.286. The molecule has 0 bridgehead atoms. The van der Waals surface area contributed by atoms with Crippen molar-refractivity contribution in [1.29, 1.82) is 0 Å². The highest BCUT2D eigenvalue weighted by Gasteiger charge is 1.99. The largest absolute Gasteiger partial charge is 0.384 e. The Bertz CT molecular complexity index is 240. The summed E-state index contributed by atoms with van der Waals surface area (Å²) in [5.74, 6) is 0.665. The highest BCUT2D eigenvalue weighted by molar-refractivity contribution is 5.60. The summed E-state index contributed by atoms with van der Waals surface area (Å²) in [5.41, 5.74) is 7.34. The molecule has 2 N–H and O–H groups in total. The normalized spacial score (nSPS) is 9.80. The molecule has 0 spiro atoms. The molecule has 1 aromatic rings. The number of anilines is 1. The number of nitrogens with zero attached hydrogens (tertiary/aromatic N) is 2. The van der Waals surface area contributed by atoms with Crippen LogP contribution < -0.4 is 5.73 Å². The van der Waals surface area contributed by atoms with Gasteiger partial charge in [0.25, 0.3) is 0 Å². The van der Waals surface area contributed by atoms with Crippen LogP contribution in [-0.2, 0) is 7.05 Å². The van der Waals surface area contributed by atoms with Crippen molar-refractivity contribution in [2.24, 2.45) is 7.05 Å².